The fourth-order valence-electron chi connectivity index (χ4n) is 3.37. The summed E-state index contributed by atoms with van der Waals surface area (Å²) in [6.07, 6.45) is 2.73. The number of esters is 2. The zero-order chi connectivity index (χ0) is 19.4. The minimum atomic E-state index is -0.421. The highest BCUT2D eigenvalue weighted by molar-refractivity contribution is 5.95. The molecule has 0 bridgehead atoms. The molecular weight excluding hydrogens is 342 g/mol. The normalized spacial score (nSPS) is 13.6. The lowest BCUT2D eigenvalue weighted by atomic mass is 9.97. The smallest absolute Gasteiger partial charge is 0.356 e. The molecule has 0 atom stereocenters. The van der Waals surface area contributed by atoms with E-state index in [9.17, 15) is 9.59 Å². The maximum Gasteiger partial charge on any atom is 0.356 e. The number of carbonyl (C=O) groups excluding carboxylic acids is 2. The van der Waals surface area contributed by atoms with E-state index in [4.69, 9.17) is 9.47 Å². The quantitative estimate of drug-likeness (QED) is 0.573. The van der Waals surface area contributed by atoms with Crippen LogP contribution in [0.1, 0.15) is 60.4 Å². The summed E-state index contributed by atoms with van der Waals surface area (Å²) >= 11 is 0. The van der Waals surface area contributed by atoms with Crippen molar-refractivity contribution in [2.75, 3.05) is 6.61 Å². The Balaban J connectivity index is 2.07. The van der Waals surface area contributed by atoms with Gasteiger partial charge in [0.1, 0.15) is 11.4 Å². The minimum Gasteiger partial charge on any atom is -0.461 e. The van der Waals surface area contributed by atoms with Gasteiger partial charge in [0, 0.05) is 12.5 Å². The van der Waals surface area contributed by atoms with Crippen LogP contribution in [-0.4, -0.2) is 23.5 Å². The number of aryl methyl sites for hydroxylation is 1. The van der Waals surface area contributed by atoms with Gasteiger partial charge in [-0.3, -0.25) is 4.79 Å². The Kier molecular flexibility index (Phi) is 5.69. The van der Waals surface area contributed by atoms with Crippen LogP contribution in [-0.2, 0) is 9.53 Å². The largest absolute Gasteiger partial charge is 0.461 e. The molecule has 2 aromatic rings. The van der Waals surface area contributed by atoms with E-state index >= 15 is 0 Å². The standard InChI is InChI=1S/C22H23NO4/c1-4-26-22(25)20-10-6-9-19(23-20)17-8-5-7-16(17)18-13-14(2)11-12-21(18)27-15(3)24/h6,9-13H,4-5,7-8H2,1-3H3. The van der Waals surface area contributed by atoms with E-state index in [2.05, 4.69) is 4.98 Å². The Labute approximate surface area is 159 Å². The highest BCUT2D eigenvalue weighted by atomic mass is 16.5. The van der Waals surface area contributed by atoms with Crippen molar-refractivity contribution in [3.05, 3.63) is 58.9 Å². The molecular formula is C22H23NO4. The lowest BCUT2D eigenvalue weighted by Gasteiger charge is -2.14. The molecule has 0 saturated heterocycles. The summed E-state index contributed by atoms with van der Waals surface area (Å²) in [5.41, 5.74) is 5.28. The zero-order valence-corrected chi connectivity index (χ0v) is 15.9. The van der Waals surface area contributed by atoms with Crippen LogP contribution in [0.5, 0.6) is 5.75 Å². The summed E-state index contributed by atoms with van der Waals surface area (Å²) in [7, 11) is 0. The Morgan fingerprint density at radius 2 is 1.89 bits per heavy atom. The van der Waals surface area contributed by atoms with Crippen LogP contribution in [0.3, 0.4) is 0 Å². The lowest BCUT2D eigenvalue weighted by Crippen LogP contribution is -2.08. The molecule has 140 valence electrons. The Morgan fingerprint density at radius 1 is 1.11 bits per heavy atom. The van der Waals surface area contributed by atoms with Crippen LogP contribution < -0.4 is 4.74 Å². The van der Waals surface area contributed by atoms with Gasteiger partial charge in [-0.15, -0.1) is 0 Å². The van der Waals surface area contributed by atoms with Gasteiger partial charge in [0.2, 0.25) is 0 Å². The van der Waals surface area contributed by atoms with E-state index < -0.39 is 5.97 Å². The predicted octanol–water partition coefficient (Wildman–Crippen LogP) is 4.59. The Morgan fingerprint density at radius 3 is 2.63 bits per heavy atom. The summed E-state index contributed by atoms with van der Waals surface area (Å²) in [6.45, 7) is 5.50. The first-order valence-electron chi connectivity index (χ1n) is 9.15. The van der Waals surface area contributed by atoms with E-state index in [1.165, 1.54) is 6.92 Å². The Bertz CT molecular complexity index is 914. The maximum absolute atomic E-state index is 12.0. The molecule has 1 aliphatic rings. The highest BCUT2D eigenvalue weighted by Gasteiger charge is 2.23. The molecule has 1 aromatic heterocycles. The fourth-order valence-corrected chi connectivity index (χ4v) is 3.37. The molecule has 1 aromatic carbocycles. The van der Waals surface area contributed by atoms with Gasteiger partial charge in [0.05, 0.1) is 12.3 Å². The van der Waals surface area contributed by atoms with Gasteiger partial charge in [-0.1, -0.05) is 17.7 Å². The molecule has 0 aliphatic heterocycles. The average Bonchev–Trinajstić information content (AvgIpc) is 3.13. The van der Waals surface area contributed by atoms with Crippen LogP contribution in [0.2, 0.25) is 0 Å². The number of hydrogen-bond donors (Lipinski definition) is 0. The van der Waals surface area contributed by atoms with Gasteiger partial charge in [-0.25, -0.2) is 9.78 Å². The van der Waals surface area contributed by atoms with Gasteiger partial charge < -0.3 is 9.47 Å². The molecule has 1 aliphatic carbocycles. The minimum absolute atomic E-state index is 0.303. The first kappa shape index (κ1) is 18.8. The molecule has 5 nitrogen and oxygen atoms in total. The van der Waals surface area contributed by atoms with Crippen molar-refractivity contribution in [3.8, 4) is 5.75 Å². The third-order valence-corrected chi connectivity index (χ3v) is 4.47. The van der Waals surface area contributed by atoms with Crippen molar-refractivity contribution in [2.45, 2.75) is 40.0 Å². The zero-order valence-electron chi connectivity index (χ0n) is 15.9. The molecule has 0 radical (unpaired) electrons. The average molecular weight is 365 g/mol. The summed E-state index contributed by atoms with van der Waals surface area (Å²) in [6, 6.07) is 11.2. The van der Waals surface area contributed by atoms with E-state index in [-0.39, 0.29) is 5.97 Å². The number of pyridine rings is 1. The van der Waals surface area contributed by atoms with Crippen LogP contribution in [0.4, 0.5) is 0 Å². The molecule has 0 N–H and O–H groups in total. The summed E-state index contributed by atoms with van der Waals surface area (Å²) in [5.74, 6) is -0.206. The molecule has 27 heavy (non-hydrogen) atoms. The number of carbonyl (C=O) groups is 2. The van der Waals surface area contributed by atoms with Crippen LogP contribution in [0.25, 0.3) is 11.1 Å². The highest BCUT2D eigenvalue weighted by Crippen LogP contribution is 2.42. The number of rotatable bonds is 5. The predicted molar refractivity (Wildman–Crippen MR) is 103 cm³/mol. The first-order chi connectivity index (χ1) is 13.0. The maximum atomic E-state index is 12.0. The van der Waals surface area contributed by atoms with Crippen LogP contribution >= 0.6 is 0 Å². The number of ether oxygens (including phenoxy) is 2. The van der Waals surface area contributed by atoms with Crippen LogP contribution in [0.15, 0.2) is 36.4 Å². The topological polar surface area (TPSA) is 65.5 Å². The van der Waals surface area contributed by atoms with Crippen molar-refractivity contribution >= 4 is 23.1 Å². The van der Waals surface area contributed by atoms with Gasteiger partial charge in [0.15, 0.2) is 0 Å². The van der Waals surface area contributed by atoms with Gasteiger partial charge in [-0.05, 0) is 68.5 Å². The first-order valence-corrected chi connectivity index (χ1v) is 9.15. The van der Waals surface area contributed by atoms with Gasteiger partial charge >= 0.3 is 11.9 Å². The van der Waals surface area contributed by atoms with Crippen molar-refractivity contribution < 1.29 is 19.1 Å². The SMILES string of the molecule is CCOC(=O)c1cccc(C2=C(c3cc(C)ccc3OC(C)=O)CCC2)n1. The number of benzene rings is 1. The fraction of sp³-hybridized carbons (Fsp3) is 0.318. The van der Waals surface area contributed by atoms with Crippen molar-refractivity contribution in [2.24, 2.45) is 0 Å². The second kappa shape index (κ2) is 8.16. The van der Waals surface area contributed by atoms with E-state index in [0.29, 0.717) is 18.1 Å². The Hall–Kier alpha value is -2.95. The van der Waals surface area contributed by atoms with Crippen molar-refractivity contribution in [1.29, 1.82) is 0 Å². The van der Waals surface area contributed by atoms with Crippen LogP contribution in [0, 0.1) is 6.92 Å². The molecule has 1 heterocycles. The summed E-state index contributed by atoms with van der Waals surface area (Å²) in [5, 5.41) is 0. The second-order valence-electron chi connectivity index (χ2n) is 6.53. The molecule has 0 unspecified atom stereocenters. The van der Waals surface area contributed by atoms with Crippen molar-refractivity contribution in [3.63, 3.8) is 0 Å². The summed E-state index contributed by atoms with van der Waals surface area (Å²) in [4.78, 5) is 28.0. The van der Waals surface area contributed by atoms with Gasteiger partial charge in [0.25, 0.3) is 0 Å². The number of aromatic nitrogens is 1. The van der Waals surface area contributed by atoms with Crippen molar-refractivity contribution in [1.82, 2.24) is 4.98 Å². The van der Waals surface area contributed by atoms with E-state index in [1.54, 1.807) is 13.0 Å². The third kappa shape index (κ3) is 4.25. The lowest BCUT2D eigenvalue weighted by molar-refractivity contribution is -0.131. The third-order valence-electron chi connectivity index (χ3n) is 4.47. The second-order valence-corrected chi connectivity index (χ2v) is 6.53. The molecule has 0 fully saturated rings. The van der Waals surface area contributed by atoms with E-state index in [0.717, 1.165) is 47.2 Å². The monoisotopic (exact) mass is 365 g/mol. The molecule has 3 rings (SSSR count). The number of allylic oxidation sites excluding steroid dienone is 2. The number of nitrogens with zero attached hydrogens (tertiary/aromatic N) is 1. The molecule has 0 saturated carbocycles. The number of hydrogen-bond acceptors (Lipinski definition) is 5. The molecule has 0 spiro atoms. The van der Waals surface area contributed by atoms with E-state index in [1.807, 2.05) is 37.3 Å². The summed E-state index contributed by atoms with van der Waals surface area (Å²) < 4.78 is 10.5. The van der Waals surface area contributed by atoms with Gasteiger partial charge in [-0.2, -0.15) is 0 Å². The molecule has 0 amide bonds. The molecule has 5 heteroatoms.